The second-order valence-electron chi connectivity index (χ2n) is 5.29. The molecule has 1 aromatic carbocycles. The van der Waals surface area contributed by atoms with E-state index in [2.05, 4.69) is 5.32 Å². The largest absolute Gasteiger partial charge is 0.391 e. The Bertz CT molecular complexity index is 473. The van der Waals surface area contributed by atoms with Gasteiger partial charge in [0.2, 0.25) is 0 Å². The Kier molecular flexibility index (Phi) is 4.66. The van der Waals surface area contributed by atoms with Gasteiger partial charge in [0.15, 0.2) is 0 Å². The number of nitrogens with one attached hydrogen (secondary N) is 1. The molecule has 1 aliphatic carbocycles. The summed E-state index contributed by atoms with van der Waals surface area (Å²) < 4.78 is 38.1. The van der Waals surface area contributed by atoms with Crippen molar-refractivity contribution in [1.82, 2.24) is 5.32 Å². The summed E-state index contributed by atoms with van der Waals surface area (Å²) in [7, 11) is 0. The summed E-state index contributed by atoms with van der Waals surface area (Å²) in [6.45, 7) is 0.543. The molecule has 1 N–H and O–H groups in total. The van der Waals surface area contributed by atoms with Crippen molar-refractivity contribution in [3.8, 4) is 6.07 Å². The Morgan fingerprint density at radius 1 is 1.20 bits per heavy atom. The van der Waals surface area contributed by atoms with E-state index in [4.69, 9.17) is 5.26 Å². The van der Waals surface area contributed by atoms with Gasteiger partial charge in [-0.3, -0.25) is 0 Å². The van der Waals surface area contributed by atoms with E-state index in [1.54, 1.807) is 12.1 Å². The van der Waals surface area contributed by atoms with E-state index < -0.39 is 12.1 Å². The molecule has 1 saturated carbocycles. The molecule has 5 heteroatoms. The predicted octanol–water partition coefficient (Wildman–Crippen LogP) is 3.77. The number of nitriles is 1. The first kappa shape index (κ1) is 14.9. The molecule has 0 heterocycles. The van der Waals surface area contributed by atoms with E-state index in [1.165, 1.54) is 0 Å². The fourth-order valence-corrected chi connectivity index (χ4v) is 2.63. The maximum atomic E-state index is 12.7. The minimum Gasteiger partial charge on any atom is -0.310 e. The highest BCUT2D eigenvalue weighted by molar-refractivity contribution is 5.31. The standard InChI is InChI=1S/C15H17F3N2/c16-15(17,18)13-2-1-3-14(8-13)20-10-12-6-4-11(9-19)5-7-12/h4-7,13-14,20H,1-3,8,10H2. The van der Waals surface area contributed by atoms with E-state index in [1.807, 2.05) is 18.2 Å². The minimum absolute atomic E-state index is 0.0778. The van der Waals surface area contributed by atoms with Crippen LogP contribution in [0.2, 0.25) is 0 Å². The van der Waals surface area contributed by atoms with Crippen LogP contribution in [-0.4, -0.2) is 12.2 Å². The Labute approximate surface area is 116 Å². The van der Waals surface area contributed by atoms with Crippen molar-refractivity contribution in [3.63, 3.8) is 0 Å². The lowest BCUT2D eigenvalue weighted by molar-refractivity contribution is -0.183. The first-order valence-electron chi connectivity index (χ1n) is 6.78. The van der Waals surface area contributed by atoms with Crippen LogP contribution in [0.15, 0.2) is 24.3 Å². The molecule has 2 rings (SSSR count). The maximum Gasteiger partial charge on any atom is 0.391 e. The summed E-state index contributed by atoms with van der Waals surface area (Å²) >= 11 is 0. The van der Waals surface area contributed by atoms with Crippen LogP contribution in [-0.2, 0) is 6.54 Å². The molecular formula is C15H17F3N2. The highest BCUT2D eigenvalue weighted by Crippen LogP contribution is 2.37. The van der Waals surface area contributed by atoms with E-state index in [0.29, 0.717) is 18.5 Å². The lowest BCUT2D eigenvalue weighted by atomic mass is 9.85. The SMILES string of the molecule is N#Cc1ccc(CNC2CCCC(C(F)(F)F)C2)cc1. The molecule has 0 radical (unpaired) electrons. The van der Waals surface area contributed by atoms with Gasteiger partial charge < -0.3 is 5.32 Å². The van der Waals surface area contributed by atoms with Crippen molar-refractivity contribution in [3.05, 3.63) is 35.4 Å². The van der Waals surface area contributed by atoms with Gasteiger partial charge in [0.05, 0.1) is 17.6 Å². The molecule has 20 heavy (non-hydrogen) atoms. The predicted molar refractivity (Wildman–Crippen MR) is 69.8 cm³/mol. The summed E-state index contributed by atoms with van der Waals surface area (Å²) in [5, 5.41) is 11.9. The highest BCUT2D eigenvalue weighted by atomic mass is 19.4. The van der Waals surface area contributed by atoms with Crippen LogP contribution in [0.1, 0.15) is 36.8 Å². The zero-order chi connectivity index (χ0) is 14.6. The van der Waals surface area contributed by atoms with Gasteiger partial charge in [-0.15, -0.1) is 0 Å². The fraction of sp³-hybridized carbons (Fsp3) is 0.533. The minimum atomic E-state index is -4.07. The molecule has 2 unspecified atom stereocenters. The molecule has 2 atom stereocenters. The molecule has 1 aliphatic rings. The van der Waals surface area contributed by atoms with Gasteiger partial charge in [0.25, 0.3) is 0 Å². The lowest BCUT2D eigenvalue weighted by Crippen LogP contribution is -2.38. The highest BCUT2D eigenvalue weighted by Gasteiger charge is 2.41. The summed E-state index contributed by atoms with van der Waals surface area (Å²) in [4.78, 5) is 0. The molecule has 0 bridgehead atoms. The van der Waals surface area contributed by atoms with Gasteiger partial charge in [0.1, 0.15) is 0 Å². The van der Waals surface area contributed by atoms with Crippen molar-refractivity contribution in [1.29, 1.82) is 5.26 Å². The van der Waals surface area contributed by atoms with E-state index in [9.17, 15) is 13.2 Å². The number of halogens is 3. The van der Waals surface area contributed by atoms with Crippen LogP contribution in [0.5, 0.6) is 0 Å². The quantitative estimate of drug-likeness (QED) is 0.916. The van der Waals surface area contributed by atoms with E-state index >= 15 is 0 Å². The third-order valence-electron chi connectivity index (χ3n) is 3.82. The first-order valence-corrected chi connectivity index (χ1v) is 6.78. The normalized spacial score (nSPS) is 23.3. The Hall–Kier alpha value is -1.54. The second-order valence-corrected chi connectivity index (χ2v) is 5.29. The third-order valence-corrected chi connectivity index (χ3v) is 3.82. The van der Waals surface area contributed by atoms with Crippen LogP contribution >= 0.6 is 0 Å². The maximum absolute atomic E-state index is 12.7. The molecule has 1 fully saturated rings. The number of hydrogen-bond donors (Lipinski definition) is 1. The van der Waals surface area contributed by atoms with Crippen LogP contribution < -0.4 is 5.32 Å². The van der Waals surface area contributed by atoms with Gasteiger partial charge in [-0.2, -0.15) is 18.4 Å². The topological polar surface area (TPSA) is 35.8 Å². The molecule has 0 aliphatic heterocycles. The molecule has 2 nitrogen and oxygen atoms in total. The van der Waals surface area contributed by atoms with Gasteiger partial charge in [-0.1, -0.05) is 18.6 Å². The molecule has 0 aromatic heterocycles. The Morgan fingerprint density at radius 3 is 2.50 bits per heavy atom. The number of rotatable bonds is 3. The van der Waals surface area contributed by atoms with Crippen LogP contribution in [0.4, 0.5) is 13.2 Å². The smallest absolute Gasteiger partial charge is 0.310 e. The van der Waals surface area contributed by atoms with Crippen molar-refractivity contribution >= 4 is 0 Å². The molecule has 0 saturated heterocycles. The summed E-state index contributed by atoms with van der Waals surface area (Å²) in [5.41, 5.74) is 1.57. The first-order chi connectivity index (χ1) is 9.49. The molecular weight excluding hydrogens is 265 g/mol. The third kappa shape index (κ3) is 3.97. The average molecular weight is 282 g/mol. The van der Waals surface area contributed by atoms with E-state index in [-0.39, 0.29) is 18.9 Å². The Balaban J connectivity index is 1.85. The average Bonchev–Trinajstić information content (AvgIpc) is 2.45. The van der Waals surface area contributed by atoms with E-state index in [0.717, 1.165) is 12.0 Å². The molecule has 0 amide bonds. The Morgan fingerprint density at radius 2 is 1.90 bits per heavy atom. The van der Waals surface area contributed by atoms with Gasteiger partial charge in [-0.25, -0.2) is 0 Å². The number of alkyl halides is 3. The van der Waals surface area contributed by atoms with Crippen LogP contribution in [0, 0.1) is 17.2 Å². The second kappa shape index (κ2) is 6.27. The summed E-state index contributed by atoms with van der Waals surface area (Å²) in [6.07, 6.45) is -2.24. The van der Waals surface area contributed by atoms with Crippen molar-refractivity contribution in [2.75, 3.05) is 0 Å². The molecule has 1 aromatic rings. The fourth-order valence-electron chi connectivity index (χ4n) is 2.63. The lowest BCUT2D eigenvalue weighted by Gasteiger charge is -2.31. The molecule has 0 spiro atoms. The summed E-state index contributed by atoms with van der Waals surface area (Å²) in [6, 6.07) is 9.05. The van der Waals surface area contributed by atoms with Crippen molar-refractivity contribution in [2.24, 2.45) is 5.92 Å². The zero-order valence-electron chi connectivity index (χ0n) is 11.1. The zero-order valence-corrected chi connectivity index (χ0v) is 11.1. The summed E-state index contributed by atoms with van der Waals surface area (Å²) in [5.74, 6) is -1.17. The van der Waals surface area contributed by atoms with Crippen LogP contribution in [0.25, 0.3) is 0 Å². The van der Waals surface area contributed by atoms with Gasteiger partial charge >= 0.3 is 6.18 Å². The molecule has 108 valence electrons. The van der Waals surface area contributed by atoms with Crippen LogP contribution in [0.3, 0.4) is 0 Å². The van der Waals surface area contributed by atoms with Gasteiger partial charge in [-0.05, 0) is 37.0 Å². The monoisotopic (exact) mass is 282 g/mol. The number of benzene rings is 1. The number of hydrogen-bond acceptors (Lipinski definition) is 2. The number of nitrogens with zero attached hydrogens (tertiary/aromatic N) is 1. The van der Waals surface area contributed by atoms with Gasteiger partial charge in [0, 0.05) is 12.6 Å². The van der Waals surface area contributed by atoms with Crippen molar-refractivity contribution < 1.29 is 13.2 Å². The van der Waals surface area contributed by atoms with Crippen molar-refractivity contribution in [2.45, 2.75) is 44.4 Å².